The highest BCUT2D eigenvalue weighted by Crippen LogP contribution is 2.47. The van der Waals surface area contributed by atoms with Crippen LogP contribution in [0.15, 0.2) is 85.5 Å². The molecule has 32 heavy (non-hydrogen) atoms. The van der Waals surface area contributed by atoms with Gasteiger partial charge >= 0.3 is 0 Å². The van der Waals surface area contributed by atoms with Gasteiger partial charge in [0, 0.05) is 23.9 Å². The summed E-state index contributed by atoms with van der Waals surface area (Å²) in [5.74, 6) is 0.521. The first-order valence-electron chi connectivity index (χ1n) is 10.2. The molecule has 7 heteroatoms. The molecule has 1 atom stereocenters. The van der Waals surface area contributed by atoms with Crippen molar-refractivity contribution in [2.45, 2.75) is 6.04 Å². The Kier molecular flexibility index (Phi) is 4.01. The van der Waals surface area contributed by atoms with E-state index < -0.39 is 0 Å². The average Bonchev–Trinajstić information content (AvgIpc) is 3.39. The fourth-order valence-electron chi connectivity index (χ4n) is 4.37. The number of carbonyl (C=O) groups excluding carboxylic acids is 1. The average molecular weight is 419 g/mol. The van der Waals surface area contributed by atoms with Crippen LogP contribution in [0.1, 0.15) is 27.5 Å². The van der Waals surface area contributed by atoms with Crippen molar-refractivity contribution in [2.75, 3.05) is 0 Å². The molecule has 0 radical (unpaired) electrons. The van der Waals surface area contributed by atoms with Crippen molar-refractivity contribution in [3.05, 3.63) is 107 Å². The van der Waals surface area contributed by atoms with Gasteiger partial charge in [-0.15, -0.1) is 0 Å². The van der Waals surface area contributed by atoms with E-state index in [4.69, 9.17) is 4.98 Å². The van der Waals surface area contributed by atoms with Crippen molar-refractivity contribution in [1.29, 1.82) is 0 Å². The Morgan fingerprint density at radius 2 is 1.75 bits per heavy atom. The summed E-state index contributed by atoms with van der Waals surface area (Å²) < 4.78 is 0.659. The Balaban J connectivity index is 1.47. The second-order valence-corrected chi connectivity index (χ2v) is 7.69. The number of fused-ring (bicyclic) bond motifs is 4. The van der Waals surface area contributed by atoms with Crippen LogP contribution in [0.2, 0.25) is 0 Å². The normalized spacial score (nSPS) is 14.2. The van der Waals surface area contributed by atoms with E-state index in [9.17, 15) is 10.0 Å². The highest BCUT2D eigenvalue weighted by atomic mass is 16.5. The van der Waals surface area contributed by atoms with Crippen LogP contribution in [-0.2, 0) is 0 Å². The Labute approximate surface area is 183 Å². The Morgan fingerprint density at radius 1 is 0.969 bits per heavy atom. The highest BCUT2D eigenvalue weighted by molar-refractivity contribution is 5.97. The van der Waals surface area contributed by atoms with Gasteiger partial charge < -0.3 is 15.5 Å². The van der Waals surface area contributed by atoms with Crippen LogP contribution in [0.3, 0.4) is 0 Å². The standard InChI is InChI=1S/C25H17N5O2/c31-25(15-9-12-30(32)13-10-15)29-23-17-5-2-1-4-16(17)22-18(23)6-3-7-19(22)24-27-20-8-11-26-14-21(20)28-24/h1-14,23H,(H,27,28)(H,29,31). The number of amides is 1. The summed E-state index contributed by atoms with van der Waals surface area (Å²) in [5.41, 5.74) is 7.26. The van der Waals surface area contributed by atoms with E-state index >= 15 is 0 Å². The number of hydrogen-bond donors (Lipinski definition) is 2. The van der Waals surface area contributed by atoms with Crippen molar-refractivity contribution >= 4 is 16.9 Å². The Morgan fingerprint density at radius 3 is 2.59 bits per heavy atom. The lowest BCUT2D eigenvalue weighted by Gasteiger charge is -2.16. The fourth-order valence-corrected chi connectivity index (χ4v) is 4.37. The molecule has 2 aromatic carbocycles. The maximum atomic E-state index is 13.0. The monoisotopic (exact) mass is 419 g/mol. The number of nitrogens with zero attached hydrogens (tertiary/aromatic N) is 3. The first-order chi connectivity index (χ1) is 15.7. The van der Waals surface area contributed by atoms with E-state index in [0.29, 0.717) is 10.3 Å². The minimum atomic E-state index is -0.306. The summed E-state index contributed by atoms with van der Waals surface area (Å²) in [6, 6.07) is 18.7. The molecule has 0 spiro atoms. The zero-order chi connectivity index (χ0) is 21.7. The van der Waals surface area contributed by atoms with Crippen molar-refractivity contribution in [1.82, 2.24) is 20.3 Å². The van der Waals surface area contributed by atoms with Gasteiger partial charge in [-0.05, 0) is 28.3 Å². The maximum absolute atomic E-state index is 13.0. The summed E-state index contributed by atoms with van der Waals surface area (Å²) in [5, 5.41) is 14.5. The number of carbonyl (C=O) groups is 1. The maximum Gasteiger partial charge on any atom is 0.252 e. The van der Waals surface area contributed by atoms with E-state index in [2.05, 4.69) is 21.4 Å². The van der Waals surface area contributed by atoms with Crippen LogP contribution < -0.4 is 10.0 Å². The molecule has 0 saturated heterocycles. The second-order valence-electron chi connectivity index (χ2n) is 7.69. The third-order valence-electron chi connectivity index (χ3n) is 5.83. The molecule has 0 fully saturated rings. The number of H-pyrrole nitrogens is 1. The largest absolute Gasteiger partial charge is 0.619 e. The lowest BCUT2D eigenvalue weighted by molar-refractivity contribution is -0.605. The van der Waals surface area contributed by atoms with Gasteiger partial charge in [-0.1, -0.05) is 42.5 Å². The second kappa shape index (κ2) is 7.02. The quantitative estimate of drug-likeness (QED) is 0.344. The minimum Gasteiger partial charge on any atom is -0.619 e. The van der Waals surface area contributed by atoms with Gasteiger partial charge in [0.25, 0.3) is 5.91 Å². The van der Waals surface area contributed by atoms with E-state index in [-0.39, 0.29) is 11.9 Å². The van der Waals surface area contributed by atoms with Gasteiger partial charge in [0.05, 0.1) is 28.8 Å². The molecule has 0 aliphatic heterocycles. The van der Waals surface area contributed by atoms with Crippen molar-refractivity contribution in [3.63, 3.8) is 0 Å². The van der Waals surface area contributed by atoms with Crippen LogP contribution in [-0.4, -0.2) is 20.9 Å². The van der Waals surface area contributed by atoms with E-state index in [1.54, 1.807) is 12.4 Å². The summed E-state index contributed by atoms with van der Waals surface area (Å²) in [4.78, 5) is 25.3. The number of hydrogen-bond acceptors (Lipinski definition) is 4. The zero-order valence-corrected chi connectivity index (χ0v) is 16.8. The molecule has 1 unspecified atom stereocenters. The lowest BCUT2D eigenvalue weighted by Crippen LogP contribution is -2.30. The van der Waals surface area contributed by atoms with Crippen LogP contribution in [0.25, 0.3) is 33.5 Å². The molecule has 1 aliphatic carbocycles. The van der Waals surface area contributed by atoms with Crippen LogP contribution in [0, 0.1) is 5.21 Å². The van der Waals surface area contributed by atoms with Gasteiger partial charge in [0.1, 0.15) is 5.82 Å². The van der Waals surface area contributed by atoms with Crippen molar-refractivity contribution in [3.8, 4) is 22.5 Å². The van der Waals surface area contributed by atoms with Crippen molar-refractivity contribution < 1.29 is 9.52 Å². The van der Waals surface area contributed by atoms with E-state index in [0.717, 1.165) is 44.7 Å². The molecule has 6 rings (SSSR count). The Hall–Kier alpha value is -4.52. The highest BCUT2D eigenvalue weighted by Gasteiger charge is 2.32. The Bertz CT molecular complexity index is 1460. The molecule has 3 aromatic heterocycles. The summed E-state index contributed by atoms with van der Waals surface area (Å²) in [7, 11) is 0. The van der Waals surface area contributed by atoms with Crippen LogP contribution in [0.4, 0.5) is 0 Å². The number of imidazole rings is 1. The van der Waals surface area contributed by atoms with E-state index in [1.165, 1.54) is 24.5 Å². The molecule has 7 nitrogen and oxygen atoms in total. The molecule has 5 aromatic rings. The van der Waals surface area contributed by atoms with Crippen molar-refractivity contribution in [2.24, 2.45) is 0 Å². The predicted molar refractivity (Wildman–Crippen MR) is 119 cm³/mol. The molecule has 0 saturated carbocycles. The number of nitrogens with one attached hydrogen (secondary N) is 2. The number of aromatic amines is 1. The van der Waals surface area contributed by atoms with Gasteiger partial charge in [0.2, 0.25) is 0 Å². The molecule has 2 N–H and O–H groups in total. The third kappa shape index (κ3) is 2.83. The smallest absolute Gasteiger partial charge is 0.252 e. The minimum absolute atomic E-state index is 0.238. The topological polar surface area (TPSA) is 97.6 Å². The first kappa shape index (κ1) is 18.3. The number of pyridine rings is 2. The van der Waals surface area contributed by atoms with Gasteiger partial charge in [-0.25, -0.2) is 4.98 Å². The summed E-state index contributed by atoms with van der Waals surface area (Å²) >= 11 is 0. The molecule has 1 aliphatic rings. The molecule has 1 amide bonds. The van der Waals surface area contributed by atoms with Gasteiger partial charge in [-0.2, -0.15) is 4.73 Å². The summed E-state index contributed by atoms with van der Waals surface area (Å²) in [6.45, 7) is 0. The number of rotatable bonds is 3. The predicted octanol–water partition coefficient (Wildman–Crippen LogP) is 3.76. The first-order valence-corrected chi connectivity index (χ1v) is 10.2. The lowest BCUT2D eigenvalue weighted by atomic mass is 9.98. The number of aromatic nitrogens is 4. The third-order valence-corrected chi connectivity index (χ3v) is 5.83. The van der Waals surface area contributed by atoms with Crippen LogP contribution in [0.5, 0.6) is 0 Å². The molecular weight excluding hydrogens is 402 g/mol. The number of benzene rings is 2. The van der Waals surface area contributed by atoms with E-state index in [1.807, 2.05) is 42.5 Å². The fraction of sp³-hybridized carbons (Fsp3) is 0.0400. The summed E-state index contributed by atoms with van der Waals surface area (Å²) in [6.07, 6.45) is 6.12. The SMILES string of the molecule is O=C(NC1c2ccccc2-c2c(-c3nc4ccncc4[nH]3)cccc21)c1cc[n+]([O-])cc1. The molecule has 154 valence electrons. The zero-order valence-electron chi connectivity index (χ0n) is 16.8. The van der Waals surface area contributed by atoms with Gasteiger partial charge in [0.15, 0.2) is 12.4 Å². The molecule has 3 heterocycles. The molecular formula is C25H17N5O2. The van der Waals surface area contributed by atoms with Crippen LogP contribution >= 0.6 is 0 Å². The molecule has 0 bridgehead atoms. The van der Waals surface area contributed by atoms with Gasteiger partial charge in [-0.3, -0.25) is 9.78 Å².